The van der Waals surface area contributed by atoms with Gasteiger partial charge in [-0.05, 0) is 48.5 Å². The van der Waals surface area contributed by atoms with Crippen LogP contribution in [-0.2, 0) is 4.74 Å². The van der Waals surface area contributed by atoms with Gasteiger partial charge in [0.05, 0.1) is 18.9 Å². The fourth-order valence-electron chi connectivity index (χ4n) is 3.46. The van der Waals surface area contributed by atoms with Gasteiger partial charge in [-0.25, -0.2) is 14.6 Å². The minimum atomic E-state index is 0.659. The largest absolute Gasteiger partial charge is 0.378 e. The fraction of sp³-hybridized carbons (Fsp3) is 0.174. The van der Waals surface area contributed by atoms with E-state index in [-0.39, 0.29) is 0 Å². The van der Waals surface area contributed by atoms with Gasteiger partial charge in [-0.3, -0.25) is 0 Å². The maximum Gasteiger partial charge on any atom is 0.181 e. The molecule has 7 heteroatoms. The Morgan fingerprint density at radius 2 is 1.63 bits per heavy atom. The lowest BCUT2D eigenvalue weighted by Gasteiger charge is -2.28. The highest BCUT2D eigenvalue weighted by Gasteiger charge is 2.11. The van der Waals surface area contributed by atoms with Crippen molar-refractivity contribution in [2.45, 2.75) is 0 Å². The molecule has 0 aliphatic carbocycles. The first-order valence-corrected chi connectivity index (χ1v) is 9.98. The second-order valence-electron chi connectivity index (χ2n) is 7.05. The number of nitrogens with one attached hydrogen (secondary N) is 1. The van der Waals surface area contributed by atoms with Gasteiger partial charge in [0, 0.05) is 36.2 Å². The van der Waals surface area contributed by atoms with E-state index in [1.165, 1.54) is 5.69 Å². The molecule has 0 saturated carbocycles. The van der Waals surface area contributed by atoms with E-state index < -0.39 is 0 Å². The molecule has 0 radical (unpaired) electrons. The van der Waals surface area contributed by atoms with Gasteiger partial charge in [0.1, 0.15) is 12.1 Å². The number of hydrogen-bond acceptors (Lipinski definition) is 6. The Hall–Kier alpha value is -3.71. The summed E-state index contributed by atoms with van der Waals surface area (Å²) >= 11 is 0. The first kappa shape index (κ1) is 18.3. The van der Waals surface area contributed by atoms with Crippen LogP contribution in [0.4, 0.5) is 17.2 Å². The normalized spacial score (nSPS) is 13.9. The smallest absolute Gasteiger partial charge is 0.181 e. The molecule has 4 aromatic rings. The maximum absolute atomic E-state index is 5.42. The van der Waals surface area contributed by atoms with E-state index in [9.17, 15) is 0 Å². The van der Waals surface area contributed by atoms with Crippen LogP contribution in [0, 0.1) is 0 Å². The molecule has 3 heterocycles. The van der Waals surface area contributed by atoms with Crippen LogP contribution < -0.4 is 10.2 Å². The molecule has 2 aromatic carbocycles. The molecule has 7 nitrogen and oxygen atoms in total. The Bertz CT molecular complexity index is 1100. The van der Waals surface area contributed by atoms with Crippen molar-refractivity contribution in [3.8, 4) is 17.1 Å². The summed E-state index contributed by atoms with van der Waals surface area (Å²) in [5.74, 6) is 1.41. The van der Waals surface area contributed by atoms with E-state index >= 15 is 0 Å². The van der Waals surface area contributed by atoms with Gasteiger partial charge in [-0.15, -0.1) is 5.10 Å². The molecule has 1 fully saturated rings. The molecule has 1 saturated heterocycles. The molecule has 2 aromatic heterocycles. The third-order valence-corrected chi connectivity index (χ3v) is 5.05. The SMILES string of the molecule is c1ccc(-n2cnc(-c3ccnc(Nc4ccc(N5CCOCC5)cc4)c3)n2)cc1. The van der Waals surface area contributed by atoms with E-state index in [1.807, 2.05) is 42.5 Å². The lowest BCUT2D eigenvalue weighted by atomic mass is 10.2. The van der Waals surface area contributed by atoms with E-state index in [0.29, 0.717) is 5.82 Å². The lowest BCUT2D eigenvalue weighted by molar-refractivity contribution is 0.122. The molecular weight excluding hydrogens is 376 g/mol. The van der Waals surface area contributed by atoms with Crippen LogP contribution in [-0.4, -0.2) is 46.1 Å². The van der Waals surface area contributed by atoms with Gasteiger partial charge in [-0.2, -0.15) is 0 Å². The molecule has 0 bridgehead atoms. The minimum absolute atomic E-state index is 0.659. The zero-order valence-corrected chi connectivity index (χ0v) is 16.5. The molecule has 5 rings (SSSR count). The van der Waals surface area contributed by atoms with Crippen LogP contribution >= 0.6 is 0 Å². The average Bonchev–Trinajstić information content (AvgIpc) is 3.32. The highest BCUT2D eigenvalue weighted by Crippen LogP contribution is 2.23. The summed E-state index contributed by atoms with van der Waals surface area (Å²) in [5.41, 5.74) is 4.08. The number of ether oxygens (including phenoxy) is 1. The number of anilines is 3. The zero-order chi connectivity index (χ0) is 20.2. The highest BCUT2D eigenvalue weighted by molar-refractivity contribution is 5.65. The first-order chi connectivity index (χ1) is 14.8. The predicted molar refractivity (Wildman–Crippen MR) is 117 cm³/mol. The Morgan fingerprint density at radius 3 is 2.43 bits per heavy atom. The van der Waals surface area contributed by atoms with Crippen LogP contribution in [0.5, 0.6) is 0 Å². The van der Waals surface area contributed by atoms with E-state index in [1.54, 1.807) is 17.2 Å². The van der Waals surface area contributed by atoms with Crippen molar-refractivity contribution in [1.82, 2.24) is 19.7 Å². The lowest BCUT2D eigenvalue weighted by Crippen LogP contribution is -2.36. The first-order valence-electron chi connectivity index (χ1n) is 9.98. The molecule has 1 aliphatic heterocycles. The molecule has 0 amide bonds. The number of benzene rings is 2. The second-order valence-corrected chi connectivity index (χ2v) is 7.05. The van der Waals surface area contributed by atoms with Gasteiger partial charge >= 0.3 is 0 Å². The van der Waals surface area contributed by atoms with Crippen LogP contribution in [0.3, 0.4) is 0 Å². The van der Waals surface area contributed by atoms with E-state index in [0.717, 1.165) is 49.1 Å². The summed E-state index contributed by atoms with van der Waals surface area (Å²) in [5, 5.41) is 7.96. The second kappa shape index (κ2) is 8.34. The third-order valence-electron chi connectivity index (χ3n) is 5.05. The molecule has 0 spiro atoms. The highest BCUT2D eigenvalue weighted by atomic mass is 16.5. The molecule has 30 heavy (non-hydrogen) atoms. The maximum atomic E-state index is 5.42. The van der Waals surface area contributed by atoms with Crippen LogP contribution in [0.25, 0.3) is 17.1 Å². The van der Waals surface area contributed by atoms with Crippen LogP contribution in [0.2, 0.25) is 0 Å². The average molecular weight is 398 g/mol. The summed E-state index contributed by atoms with van der Waals surface area (Å²) in [7, 11) is 0. The van der Waals surface area contributed by atoms with Gasteiger partial charge in [-0.1, -0.05) is 18.2 Å². The van der Waals surface area contributed by atoms with Crippen molar-refractivity contribution < 1.29 is 4.74 Å². The zero-order valence-electron chi connectivity index (χ0n) is 16.5. The Labute approximate surface area is 175 Å². The number of morpholine rings is 1. The van der Waals surface area contributed by atoms with Crippen molar-refractivity contribution >= 4 is 17.2 Å². The summed E-state index contributed by atoms with van der Waals surface area (Å²) < 4.78 is 7.20. The number of para-hydroxylation sites is 1. The number of rotatable bonds is 5. The van der Waals surface area contributed by atoms with Gasteiger partial charge < -0.3 is 15.0 Å². The molecule has 1 N–H and O–H groups in total. The van der Waals surface area contributed by atoms with Crippen molar-refractivity contribution in [2.24, 2.45) is 0 Å². The van der Waals surface area contributed by atoms with Gasteiger partial charge in [0.25, 0.3) is 0 Å². The summed E-state index contributed by atoms with van der Waals surface area (Å²) in [6.07, 6.45) is 3.49. The minimum Gasteiger partial charge on any atom is -0.378 e. The molecule has 0 atom stereocenters. The number of hydrogen-bond donors (Lipinski definition) is 1. The predicted octanol–water partition coefficient (Wildman–Crippen LogP) is 3.91. The number of nitrogens with zero attached hydrogens (tertiary/aromatic N) is 5. The molecule has 150 valence electrons. The monoisotopic (exact) mass is 398 g/mol. The topological polar surface area (TPSA) is 68.1 Å². The third kappa shape index (κ3) is 4.01. The van der Waals surface area contributed by atoms with Crippen molar-refractivity contribution in [2.75, 3.05) is 36.5 Å². The molecule has 1 aliphatic rings. The van der Waals surface area contributed by atoms with E-state index in [4.69, 9.17) is 4.74 Å². The number of aromatic nitrogens is 4. The summed E-state index contributed by atoms with van der Waals surface area (Å²) in [4.78, 5) is 11.2. The molecule has 0 unspecified atom stereocenters. The Morgan fingerprint density at radius 1 is 0.833 bits per heavy atom. The van der Waals surface area contributed by atoms with Crippen LogP contribution in [0.15, 0.2) is 79.3 Å². The van der Waals surface area contributed by atoms with E-state index in [2.05, 4.69) is 49.5 Å². The van der Waals surface area contributed by atoms with Gasteiger partial charge in [0.2, 0.25) is 0 Å². The number of pyridine rings is 1. The standard InChI is InChI=1S/C23H22N6O/c1-2-4-21(5-3-1)29-17-25-23(27-29)18-10-11-24-22(16-18)26-19-6-8-20(9-7-19)28-12-14-30-15-13-28/h1-11,16-17H,12-15H2,(H,24,26). The Balaban J connectivity index is 1.31. The molecular formula is C23H22N6O. The van der Waals surface area contributed by atoms with Crippen molar-refractivity contribution in [3.63, 3.8) is 0 Å². The quantitative estimate of drug-likeness (QED) is 0.550. The Kier molecular flexibility index (Phi) is 5.10. The summed E-state index contributed by atoms with van der Waals surface area (Å²) in [6, 6.07) is 22.2. The van der Waals surface area contributed by atoms with Crippen LogP contribution in [0.1, 0.15) is 0 Å². The fourth-order valence-corrected chi connectivity index (χ4v) is 3.46. The van der Waals surface area contributed by atoms with Crippen molar-refractivity contribution in [1.29, 1.82) is 0 Å². The van der Waals surface area contributed by atoms with Gasteiger partial charge in [0.15, 0.2) is 5.82 Å². The van der Waals surface area contributed by atoms with Crippen molar-refractivity contribution in [3.05, 3.63) is 79.3 Å². The summed E-state index contributed by atoms with van der Waals surface area (Å²) in [6.45, 7) is 3.42.